The molecule has 90 valence electrons. The lowest BCUT2D eigenvalue weighted by Gasteiger charge is -2.13. The van der Waals surface area contributed by atoms with Crippen LogP contribution in [0, 0.1) is 6.92 Å². The zero-order valence-corrected chi connectivity index (χ0v) is 9.55. The molecule has 0 fully saturated rings. The molecule has 0 heterocycles. The fraction of sp³-hybridized carbons (Fsp3) is 0.500. The molecule has 1 rings (SSSR count). The number of hydrogen-bond donors (Lipinski definition) is 3. The van der Waals surface area contributed by atoms with Crippen molar-refractivity contribution in [1.82, 2.24) is 0 Å². The molecule has 0 spiro atoms. The summed E-state index contributed by atoms with van der Waals surface area (Å²) in [6.45, 7) is 3.31. The molecule has 0 amide bonds. The van der Waals surface area contributed by atoms with Gasteiger partial charge in [0.1, 0.15) is 18.5 Å². The summed E-state index contributed by atoms with van der Waals surface area (Å²) in [6.07, 6.45) is -1.37. The zero-order valence-electron chi connectivity index (χ0n) is 9.55. The zero-order chi connectivity index (χ0) is 12.1. The smallest absolute Gasteiger partial charge is 0.122 e. The van der Waals surface area contributed by atoms with Gasteiger partial charge in [0.25, 0.3) is 0 Å². The highest BCUT2D eigenvalue weighted by Crippen LogP contribution is 2.22. The molecule has 3 N–H and O–H groups in total. The first-order chi connectivity index (χ1) is 7.54. The summed E-state index contributed by atoms with van der Waals surface area (Å²) in [5.41, 5.74) is 1.72. The van der Waals surface area contributed by atoms with Crippen LogP contribution >= 0.6 is 0 Å². The molecule has 16 heavy (non-hydrogen) atoms. The highest BCUT2D eigenvalue weighted by atomic mass is 16.5. The third kappa shape index (κ3) is 3.48. The summed E-state index contributed by atoms with van der Waals surface area (Å²) in [5, 5.41) is 27.2. The monoisotopic (exact) mass is 226 g/mol. The van der Waals surface area contributed by atoms with Gasteiger partial charge in [-0.2, -0.15) is 0 Å². The first kappa shape index (κ1) is 13.0. The Bertz CT molecular complexity index is 336. The van der Waals surface area contributed by atoms with E-state index in [1.807, 2.05) is 13.0 Å². The van der Waals surface area contributed by atoms with Crippen molar-refractivity contribution in [1.29, 1.82) is 0 Å². The second-order valence-corrected chi connectivity index (χ2v) is 3.85. The molecule has 1 unspecified atom stereocenters. The van der Waals surface area contributed by atoms with Gasteiger partial charge in [0.2, 0.25) is 0 Å². The van der Waals surface area contributed by atoms with Crippen LogP contribution < -0.4 is 4.74 Å². The van der Waals surface area contributed by atoms with Gasteiger partial charge in [-0.05, 0) is 37.1 Å². The lowest BCUT2D eigenvalue weighted by atomic mass is 10.1. The highest BCUT2D eigenvalue weighted by molar-refractivity contribution is 5.36. The van der Waals surface area contributed by atoms with Crippen molar-refractivity contribution < 1.29 is 20.1 Å². The molecular formula is C12H18O4. The van der Waals surface area contributed by atoms with E-state index < -0.39 is 12.2 Å². The average molecular weight is 226 g/mol. The number of aliphatic hydroxyl groups is 3. The summed E-state index contributed by atoms with van der Waals surface area (Å²) in [4.78, 5) is 0. The van der Waals surface area contributed by atoms with Gasteiger partial charge in [-0.1, -0.05) is 6.07 Å². The van der Waals surface area contributed by atoms with Crippen LogP contribution in [0.3, 0.4) is 0 Å². The van der Waals surface area contributed by atoms with Crippen LogP contribution in [0.4, 0.5) is 0 Å². The Morgan fingerprint density at radius 2 is 2.00 bits per heavy atom. The van der Waals surface area contributed by atoms with Crippen molar-refractivity contribution in [2.24, 2.45) is 0 Å². The van der Waals surface area contributed by atoms with Gasteiger partial charge in [-0.25, -0.2) is 0 Å². The molecule has 1 aromatic carbocycles. The minimum atomic E-state index is -0.865. The molecule has 2 atom stereocenters. The van der Waals surface area contributed by atoms with Crippen LogP contribution in [0.2, 0.25) is 0 Å². The Kier molecular flexibility index (Phi) is 4.73. The number of hydrogen-bond acceptors (Lipinski definition) is 4. The predicted octanol–water partition coefficient (Wildman–Crippen LogP) is 0.780. The van der Waals surface area contributed by atoms with Crippen LogP contribution in [0.1, 0.15) is 24.2 Å². The minimum absolute atomic E-state index is 0.0609. The van der Waals surface area contributed by atoms with Crippen molar-refractivity contribution in [2.75, 3.05) is 13.2 Å². The van der Waals surface area contributed by atoms with E-state index in [0.29, 0.717) is 5.75 Å². The maximum Gasteiger partial charge on any atom is 0.122 e. The normalized spacial score (nSPS) is 14.6. The molecule has 0 bridgehead atoms. The topological polar surface area (TPSA) is 69.9 Å². The third-order valence-corrected chi connectivity index (χ3v) is 2.32. The minimum Gasteiger partial charge on any atom is -0.491 e. The number of aryl methyl sites for hydroxylation is 1. The molecule has 0 radical (unpaired) electrons. The van der Waals surface area contributed by atoms with Crippen molar-refractivity contribution in [3.63, 3.8) is 0 Å². The fourth-order valence-electron chi connectivity index (χ4n) is 1.33. The summed E-state index contributed by atoms with van der Waals surface area (Å²) >= 11 is 0. The largest absolute Gasteiger partial charge is 0.491 e. The summed E-state index contributed by atoms with van der Waals surface area (Å²) in [6, 6.07) is 5.37. The van der Waals surface area contributed by atoms with E-state index in [-0.39, 0.29) is 13.2 Å². The SMILES string of the molecule is Cc1cc([C@@H](C)O)ccc1OCC(O)CO. The van der Waals surface area contributed by atoms with Gasteiger partial charge in [-0.3, -0.25) is 0 Å². The average Bonchev–Trinajstić information content (AvgIpc) is 2.26. The van der Waals surface area contributed by atoms with Gasteiger partial charge >= 0.3 is 0 Å². The number of ether oxygens (including phenoxy) is 1. The number of benzene rings is 1. The lowest BCUT2D eigenvalue weighted by Crippen LogP contribution is -2.21. The van der Waals surface area contributed by atoms with E-state index in [4.69, 9.17) is 14.9 Å². The first-order valence-electron chi connectivity index (χ1n) is 5.25. The molecular weight excluding hydrogens is 208 g/mol. The van der Waals surface area contributed by atoms with E-state index in [9.17, 15) is 5.11 Å². The molecule has 0 aliphatic rings. The summed E-state index contributed by atoms with van der Waals surface area (Å²) in [7, 11) is 0. The van der Waals surface area contributed by atoms with E-state index in [1.54, 1.807) is 19.1 Å². The second kappa shape index (κ2) is 5.84. The molecule has 4 nitrogen and oxygen atoms in total. The molecule has 4 heteroatoms. The molecule has 0 saturated heterocycles. The van der Waals surface area contributed by atoms with Crippen LogP contribution in [-0.2, 0) is 0 Å². The molecule has 0 aliphatic carbocycles. The lowest BCUT2D eigenvalue weighted by molar-refractivity contribution is 0.0533. The number of aliphatic hydroxyl groups excluding tert-OH is 3. The van der Waals surface area contributed by atoms with Gasteiger partial charge in [0, 0.05) is 0 Å². The van der Waals surface area contributed by atoms with Gasteiger partial charge in [-0.15, -0.1) is 0 Å². The van der Waals surface area contributed by atoms with Crippen molar-refractivity contribution in [3.05, 3.63) is 29.3 Å². The second-order valence-electron chi connectivity index (χ2n) is 3.85. The highest BCUT2D eigenvalue weighted by Gasteiger charge is 2.07. The molecule has 0 aliphatic heterocycles. The Hall–Kier alpha value is -1.10. The fourth-order valence-corrected chi connectivity index (χ4v) is 1.33. The Balaban J connectivity index is 2.68. The van der Waals surface area contributed by atoms with Crippen molar-refractivity contribution >= 4 is 0 Å². The van der Waals surface area contributed by atoms with Crippen molar-refractivity contribution in [2.45, 2.75) is 26.1 Å². The Morgan fingerprint density at radius 3 is 2.50 bits per heavy atom. The third-order valence-electron chi connectivity index (χ3n) is 2.32. The van der Waals surface area contributed by atoms with Crippen LogP contribution in [0.25, 0.3) is 0 Å². The standard InChI is InChI=1S/C12H18O4/c1-8-5-10(9(2)14)3-4-12(8)16-7-11(15)6-13/h3-5,9,11,13-15H,6-7H2,1-2H3/t9-,11?/m1/s1. The van der Waals surface area contributed by atoms with E-state index in [1.165, 1.54) is 0 Å². The van der Waals surface area contributed by atoms with Crippen molar-refractivity contribution in [3.8, 4) is 5.75 Å². The van der Waals surface area contributed by atoms with Crippen LogP contribution in [-0.4, -0.2) is 34.6 Å². The van der Waals surface area contributed by atoms with Gasteiger partial charge in [0.15, 0.2) is 0 Å². The van der Waals surface area contributed by atoms with Gasteiger partial charge in [0.05, 0.1) is 12.7 Å². The molecule has 0 saturated carbocycles. The Labute approximate surface area is 95.1 Å². The quantitative estimate of drug-likeness (QED) is 0.694. The van der Waals surface area contributed by atoms with E-state index >= 15 is 0 Å². The first-order valence-corrected chi connectivity index (χ1v) is 5.25. The van der Waals surface area contributed by atoms with Crippen LogP contribution in [0.15, 0.2) is 18.2 Å². The maximum atomic E-state index is 9.38. The number of rotatable bonds is 5. The van der Waals surface area contributed by atoms with E-state index in [0.717, 1.165) is 11.1 Å². The maximum absolute atomic E-state index is 9.38. The predicted molar refractivity (Wildman–Crippen MR) is 60.4 cm³/mol. The van der Waals surface area contributed by atoms with Crippen LogP contribution in [0.5, 0.6) is 5.75 Å². The molecule has 1 aromatic rings. The Morgan fingerprint density at radius 1 is 1.31 bits per heavy atom. The summed E-state index contributed by atoms with van der Waals surface area (Å²) < 4.78 is 5.33. The molecule has 0 aromatic heterocycles. The van der Waals surface area contributed by atoms with Gasteiger partial charge < -0.3 is 20.1 Å². The van der Waals surface area contributed by atoms with E-state index in [2.05, 4.69) is 0 Å². The summed E-state index contributed by atoms with van der Waals surface area (Å²) in [5.74, 6) is 0.650.